The fourth-order valence-electron chi connectivity index (χ4n) is 6.32. The molecule has 63 heavy (non-hydrogen) atoms. The molecule has 8 rings (SSSR count). The van der Waals surface area contributed by atoms with Gasteiger partial charge >= 0.3 is 0 Å². The van der Waals surface area contributed by atoms with Gasteiger partial charge in [0.25, 0.3) is 33.2 Å². The van der Waals surface area contributed by atoms with E-state index >= 15 is 0 Å². The van der Waals surface area contributed by atoms with Gasteiger partial charge in [-0.25, -0.2) is 28.8 Å². The molecule has 0 aliphatic rings. The first-order chi connectivity index (χ1) is 30.4. The van der Waals surface area contributed by atoms with Crippen LogP contribution < -0.4 is 29.1 Å². The fraction of sp³-hybridized carbons (Fsp3) is 0.106. The summed E-state index contributed by atoms with van der Waals surface area (Å²) in [5, 5.41) is 8.15. The predicted molar refractivity (Wildman–Crippen MR) is 236 cm³/mol. The fourth-order valence-corrected chi connectivity index (χ4v) is 6.80. The van der Waals surface area contributed by atoms with Gasteiger partial charge in [-0.1, -0.05) is 35.9 Å². The average Bonchev–Trinajstić information content (AvgIpc) is 3.80. The molecule has 318 valence electrons. The molecule has 0 saturated heterocycles. The van der Waals surface area contributed by atoms with Gasteiger partial charge < -0.3 is 9.47 Å². The van der Waals surface area contributed by atoms with Gasteiger partial charge in [-0.3, -0.25) is 14.1 Å². The molecule has 0 spiro atoms. The monoisotopic (exact) mass is 864 g/mol. The molecule has 0 unspecified atom stereocenters. The van der Waals surface area contributed by atoms with E-state index in [2.05, 4.69) is 39.0 Å². The number of hydrogen-bond donors (Lipinski definition) is 3. The second-order valence-electron chi connectivity index (χ2n) is 14.3. The number of hydrazone groups is 2. The van der Waals surface area contributed by atoms with Crippen LogP contribution in [0.5, 0.6) is 11.5 Å². The highest BCUT2D eigenvalue weighted by atomic mass is 32.2. The van der Waals surface area contributed by atoms with Gasteiger partial charge in [-0.2, -0.15) is 18.6 Å². The maximum absolute atomic E-state index is 12.8. The zero-order chi connectivity index (χ0) is 44.3. The number of hydrogen-bond acceptors (Lipinski definition) is 8. The Morgan fingerprint density at radius 1 is 0.635 bits per heavy atom. The van der Waals surface area contributed by atoms with E-state index in [9.17, 15) is 18.0 Å². The van der Waals surface area contributed by atoms with Crippen LogP contribution in [0, 0.1) is 6.92 Å². The molecule has 3 N–H and O–H groups in total. The van der Waals surface area contributed by atoms with Crippen LogP contribution in [0.2, 0.25) is 0 Å². The zero-order valence-electron chi connectivity index (χ0n) is 34.6. The Kier molecular flexibility index (Phi) is 13.4. The first-order valence-corrected chi connectivity index (χ1v) is 21.0. The van der Waals surface area contributed by atoms with E-state index in [1.807, 2.05) is 131 Å². The van der Waals surface area contributed by atoms with Gasteiger partial charge in [0, 0.05) is 23.3 Å². The van der Waals surface area contributed by atoms with Crippen LogP contribution in [0.3, 0.4) is 0 Å². The van der Waals surface area contributed by atoms with Gasteiger partial charge in [-0.05, 0) is 109 Å². The van der Waals surface area contributed by atoms with Gasteiger partial charge in [0.05, 0.1) is 43.8 Å². The summed E-state index contributed by atoms with van der Waals surface area (Å²) in [6.07, 6.45) is 11.2. The van der Waals surface area contributed by atoms with Crippen molar-refractivity contribution in [2.24, 2.45) is 24.3 Å². The lowest BCUT2D eigenvalue weighted by Crippen LogP contribution is -2.20. The summed E-state index contributed by atoms with van der Waals surface area (Å²) < 4.78 is 49.8. The Balaban J connectivity index is 0.000000473. The molecule has 0 atom stereocenters. The number of aryl methyl sites for hydroxylation is 3. The predicted octanol–water partition coefficient (Wildman–Crippen LogP) is 5.77. The number of aromatic nitrogens is 4. The van der Waals surface area contributed by atoms with Gasteiger partial charge in [0.1, 0.15) is 23.9 Å². The standard InChI is InChI=1S/C40H34N8O4.C7H8O3S/c1-45-33(25-47-20-5-3-10-37(45)47)27-51-35-16-12-29(13-17-35)23-41-43-39(49)31-8-7-9-32(22-31)40(50)44-42-24-30-14-18-36(19-15-30)52-28-34-26-48-21-6-4-11-38(48)46(34)2;1-6-2-4-7(5-3-6)11(8,9)10/h3-26H,27-28H2,1-2H3;2-5H,1H3,(H,8,9,10)/p+2/b41-23+,42-24+;. The van der Waals surface area contributed by atoms with Gasteiger partial charge in [-0.15, -0.1) is 0 Å². The van der Waals surface area contributed by atoms with E-state index in [0.29, 0.717) is 24.7 Å². The summed E-state index contributed by atoms with van der Waals surface area (Å²) in [5.74, 6) is 0.518. The van der Waals surface area contributed by atoms with E-state index < -0.39 is 21.9 Å². The van der Waals surface area contributed by atoms with E-state index in [-0.39, 0.29) is 16.0 Å². The molecule has 15 nitrogen and oxygen atoms in total. The highest BCUT2D eigenvalue weighted by Crippen LogP contribution is 2.16. The third-order valence-corrected chi connectivity index (χ3v) is 10.7. The quantitative estimate of drug-likeness (QED) is 0.0572. The Morgan fingerprint density at radius 2 is 1.08 bits per heavy atom. The largest absolute Gasteiger partial charge is 0.485 e. The van der Waals surface area contributed by atoms with Crippen molar-refractivity contribution in [3.8, 4) is 11.5 Å². The van der Waals surface area contributed by atoms with Crippen LogP contribution in [0.1, 0.15) is 48.8 Å². The second kappa shape index (κ2) is 19.6. The van der Waals surface area contributed by atoms with Crippen molar-refractivity contribution < 1.29 is 40.8 Å². The minimum absolute atomic E-state index is 0.0666. The smallest absolute Gasteiger partial charge is 0.294 e. The number of amides is 2. The topological polar surface area (TPSA) is 174 Å². The molecular weight excluding hydrogens is 821 g/mol. The molecule has 0 aliphatic carbocycles. The van der Waals surface area contributed by atoms with Crippen LogP contribution in [0.25, 0.3) is 11.3 Å². The average molecular weight is 865 g/mol. The molecule has 0 bridgehead atoms. The van der Waals surface area contributed by atoms with Crippen molar-refractivity contribution in [3.63, 3.8) is 0 Å². The van der Waals surface area contributed by atoms with Crippen molar-refractivity contribution in [1.82, 2.24) is 20.0 Å². The second-order valence-corrected chi connectivity index (χ2v) is 15.7. The summed E-state index contributed by atoms with van der Waals surface area (Å²) in [4.78, 5) is 25.5. The summed E-state index contributed by atoms with van der Waals surface area (Å²) in [6, 6.07) is 39.2. The van der Waals surface area contributed by atoms with Crippen molar-refractivity contribution in [3.05, 3.63) is 197 Å². The minimum Gasteiger partial charge on any atom is -0.485 e. The lowest BCUT2D eigenvalue weighted by molar-refractivity contribution is -0.511. The number of ether oxygens (including phenoxy) is 2. The van der Waals surface area contributed by atoms with Gasteiger partial charge in [0.15, 0.2) is 24.6 Å². The number of pyridine rings is 2. The molecular formula is C47H44N8O7S+2. The maximum atomic E-state index is 12.8. The summed E-state index contributed by atoms with van der Waals surface area (Å²) in [6.45, 7) is 2.68. The van der Waals surface area contributed by atoms with Crippen LogP contribution >= 0.6 is 0 Å². The number of carbonyl (C=O) groups is 2. The number of nitrogens with zero attached hydrogens (tertiary/aromatic N) is 6. The lowest BCUT2D eigenvalue weighted by Gasteiger charge is -2.05. The first-order valence-electron chi connectivity index (χ1n) is 19.6. The highest BCUT2D eigenvalue weighted by Gasteiger charge is 2.16. The molecule has 4 aromatic carbocycles. The molecule has 16 heteroatoms. The van der Waals surface area contributed by atoms with Crippen LogP contribution in [-0.2, 0) is 37.4 Å². The highest BCUT2D eigenvalue weighted by molar-refractivity contribution is 7.85. The third kappa shape index (κ3) is 11.3. The van der Waals surface area contributed by atoms with Crippen LogP contribution in [0.15, 0.2) is 173 Å². The normalized spacial score (nSPS) is 11.4. The zero-order valence-corrected chi connectivity index (χ0v) is 35.4. The van der Waals surface area contributed by atoms with E-state index in [4.69, 9.17) is 14.0 Å². The first kappa shape index (κ1) is 43.1. The van der Waals surface area contributed by atoms with E-state index in [1.165, 1.54) is 30.6 Å². The number of carbonyl (C=O) groups excluding carboxylic acids is 2. The van der Waals surface area contributed by atoms with E-state index in [0.717, 1.165) is 39.4 Å². The Hall–Kier alpha value is -7.95. The number of rotatable bonds is 13. The van der Waals surface area contributed by atoms with Crippen molar-refractivity contribution in [2.75, 3.05) is 0 Å². The van der Waals surface area contributed by atoms with Crippen LogP contribution in [0.4, 0.5) is 0 Å². The number of benzene rings is 4. The molecule has 0 fully saturated rings. The maximum Gasteiger partial charge on any atom is 0.294 e. The molecule has 4 heterocycles. The Labute approximate surface area is 363 Å². The summed E-state index contributed by atoms with van der Waals surface area (Å²) >= 11 is 0. The molecule has 8 aromatic rings. The number of imidazole rings is 2. The molecule has 2 amide bonds. The summed E-state index contributed by atoms with van der Waals surface area (Å²) in [7, 11) is -0.00286. The third-order valence-electron chi connectivity index (χ3n) is 9.86. The SMILES string of the molecule is Cc1ccc(S(=O)(=O)O)cc1.Cn1c(COc2ccc(/C=N/NC(=O)c3cccc(C(=O)N/N=C/c4ccc(OCc5c[n+]6ccccc6n5C)cc4)c3)cc2)c[n+]2ccccc12. The van der Waals surface area contributed by atoms with Crippen molar-refractivity contribution >= 4 is 45.7 Å². The molecule has 0 saturated carbocycles. The molecule has 0 radical (unpaired) electrons. The Bertz CT molecular complexity index is 2890. The lowest BCUT2D eigenvalue weighted by atomic mass is 10.1. The molecule has 0 aliphatic heterocycles. The molecule has 4 aromatic heterocycles. The van der Waals surface area contributed by atoms with E-state index in [1.54, 1.807) is 30.3 Å². The van der Waals surface area contributed by atoms with Crippen molar-refractivity contribution in [1.29, 1.82) is 0 Å². The minimum atomic E-state index is -4.02. The Morgan fingerprint density at radius 3 is 1.49 bits per heavy atom. The number of nitrogens with one attached hydrogen (secondary N) is 2. The van der Waals surface area contributed by atoms with Gasteiger partial charge in [0.2, 0.25) is 0 Å². The number of fused-ring (bicyclic) bond motifs is 2. The summed E-state index contributed by atoms with van der Waals surface area (Å²) in [5.41, 5.74) is 12.3. The van der Waals surface area contributed by atoms with Crippen molar-refractivity contribution in [2.45, 2.75) is 25.0 Å². The van der Waals surface area contributed by atoms with Crippen LogP contribution in [-0.4, -0.2) is 46.3 Å².